The number of carbonyl (C=O) groups is 1. The van der Waals surface area contributed by atoms with Crippen molar-refractivity contribution in [1.29, 1.82) is 0 Å². The standard InChI is InChI=1S/C11H7ClO2.ClH/c12-10-6-2-3-7-8(10)4-1-5-9(7)11(13)14;/h1-6H,(H,13,14);1H. The maximum atomic E-state index is 10.9. The fourth-order valence-electron chi connectivity index (χ4n) is 1.46. The lowest BCUT2D eigenvalue weighted by Crippen LogP contribution is -1.96. The number of carboxylic acids is 1. The first-order valence-corrected chi connectivity index (χ1v) is 4.48. The maximum absolute atomic E-state index is 10.9. The highest BCUT2D eigenvalue weighted by Gasteiger charge is 2.08. The lowest BCUT2D eigenvalue weighted by Gasteiger charge is -2.02. The van der Waals surface area contributed by atoms with Crippen molar-refractivity contribution in [1.82, 2.24) is 0 Å². The second-order valence-corrected chi connectivity index (χ2v) is 3.35. The summed E-state index contributed by atoms with van der Waals surface area (Å²) in [4.78, 5) is 10.9. The van der Waals surface area contributed by atoms with Crippen molar-refractivity contribution >= 4 is 40.7 Å². The minimum absolute atomic E-state index is 0. The van der Waals surface area contributed by atoms with Gasteiger partial charge in [0.1, 0.15) is 0 Å². The van der Waals surface area contributed by atoms with E-state index in [4.69, 9.17) is 16.7 Å². The van der Waals surface area contributed by atoms with Crippen LogP contribution in [-0.2, 0) is 0 Å². The summed E-state index contributed by atoms with van der Waals surface area (Å²) in [5, 5.41) is 11.0. The van der Waals surface area contributed by atoms with Gasteiger partial charge in [-0.3, -0.25) is 0 Å². The average Bonchev–Trinajstić information content (AvgIpc) is 2.17. The molecule has 0 bridgehead atoms. The summed E-state index contributed by atoms with van der Waals surface area (Å²) in [6.45, 7) is 0. The predicted octanol–water partition coefficient (Wildman–Crippen LogP) is 3.61. The van der Waals surface area contributed by atoms with Gasteiger partial charge >= 0.3 is 5.97 Å². The minimum atomic E-state index is -0.933. The molecule has 0 saturated heterocycles. The van der Waals surface area contributed by atoms with Gasteiger partial charge in [-0.25, -0.2) is 4.79 Å². The van der Waals surface area contributed by atoms with Crippen molar-refractivity contribution < 1.29 is 9.90 Å². The van der Waals surface area contributed by atoms with Crippen LogP contribution in [0.5, 0.6) is 0 Å². The smallest absolute Gasteiger partial charge is 0.336 e. The molecule has 4 heteroatoms. The molecule has 2 aromatic rings. The van der Waals surface area contributed by atoms with E-state index in [2.05, 4.69) is 0 Å². The quantitative estimate of drug-likeness (QED) is 0.830. The van der Waals surface area contributed by atoms with Crippen LogP contribution in [0.1, 0.15) is 10.4 Å². The molecular weight excluding hydrogens is 235 g/mol. The normalized spacial score (nSPS) is 9.67. The largest absolute Gasteiger partial charge is 0.478 e. The molecule has 0 saturated carbocycles. The lowest BCUT2D eigenvalue weighted by atomic mass is 10.0. The molecule has 0 aliphatic heterocycles. The number of rotatable bonds is 1. The molecule has 15 heavy (non-hydrogen) atoms. The van der Waals surface area contributed by atoms with Gasteiger partial charge in [-0.2, -0.15) is 0 Å². The molecule has 0 spiro atoms. The maximum Gasteiger partial charge on any atom is 0.336 e. The number of halogens is 2. The Morgan fingerprint density at radius 3 is 2.33 bits per heavy atom. The second kappa shape index (κ2) is 4.51. The molecule has 0 radical (unpaired) electrons. The summed E-state index contributed by atoms with van der Waals surface area (Å²) in [5.41, 5.74) is 0.282. The zero-order chi connectivity index (χ0) is 10.1. The van der Waals surface area contributed by atoms with E-state index in [1.165, 1.54) is 0 Å². The average molecular weight is 243 g/mol. The number of hydrogen-bond acceptors (Lipinski definition) is 1. The third kappa shape index (κ3) is 2.06. The third-order valence-electron chi connectivity index (χ3n) is 2.10. The van der Waals surface area contributed by atoms with E-state index < -0.39 is 5.97 Å². The van der Waals surface area contributed by atoms with Crippen LogP contribution in [-0.4, -0.2) is 11.1 Å². The van der Waals surface area contributed by atoms with Gasteiger partial charge in [-0.15, -0.1) is 12.4 Å². The van der Waals surface area contributed by atoms with Crippen LogP contribution in [0.15, 0.2) is 36.4 Å². The molecule has 0 aliphatic rings. The fraction of sp³-hybridized carbons (Fsp3) is 0. The molecule has 78 valence electrons. The van der Waals surface area contributed by atoms with E-state index in [1.54, 1.807) is 30.3 Å². The van der Waals surface area contributed by atoms with Gasteiger partial charge in [0.15, 0.2) is 0 Å². The Morgan fingerprint density at radius 1 is 1.07 bits per heavy atom. The molecule has 0 unspecified atom stereocenters. The molecule has 2 aromatic carbocycles. The van der Waals surface area contributed by atoms with Crippen molar-refractivity contribution in [3.8, 4) is 0 Å². The fourth-order valence-corrected chi connectivity index (χ4v) is 1.70. The molecule has 0 heterocycles. The molecule has 1 N–H and O–H groups in total. The Bertz CT molecular complexity index is 509. The van der Waals surface area contributed by atoms with E-state index in [9.17, 15) is 4.79 Å². The van der Waals surface area contributed by atoms with Crippen LogP contribution < -0.4 is 0 Å². The Balaban J connectivity index is 0.00000112. The highest BCUT2D eigenvalue weighted by molar-refractivity contribution is 6.35. The second-order valence-electron chi connectivity index (χ2n) is 2.95. The third-order valence-corrected chi connectivity index (χ3v) is 2.43. The van der Waals surface area contributed by atoms with Gasteiger partial charge in [0, 0.05) is 10.4 Å². The van der Waals surface area contributed by atoms with Gasteiger partial charge in [-0.1, -0.05) is 35.9 Å². The van der Waals surface area contributed by atoms with Crippen molar-refractivity contribution in [2.24, 2.45) is 0 Å². The summed E-state index contributed by atoms with van der Waals surface area (Å²) in [7, 11) is 0. The first-order valence-electron chi connectivity index (χ1n) is 4.10. The number of hydrogen-bond donors (Lipinski definition) is 1. The van der Waals surface area contributed by atoms with Crippen LogP contribution in [0.4, 0.5) is 0 Å². The summed E-state index contributed by atoms with van der Waals surface area (Å²) in [6.07, 6.45) is 0. The Morgan fingerprint density at radius 2 is 1.67 bits per heavy atom. The monoisotopic (exact) mass is 242 g/mol. The molecule has 2 rings (SSSR count). The van der Waals surface area contributed by atoms with Crippen LogP contribution in [0.2, 0.25) is 5.02 Å². The van der Waals surface area contributed by atoms with Crippen LogP contribution in [0.3, 0.4) is 0 Å². The molecule has 2 nitrogen and oxygen atoms in total. The summed E-state index contributed by atoms with van der Waals surface area (Å²) >= 11 is 5.94. The Hall–Kier alpha value is -1.25. The Kier molecular flexibility index (Phi) is 3.56. The van der Waals surface area contributed by atoms with Crippen LogP contribution in [0, 0.1) is 0 Å². The van der Waals surface area contributed by atoms with Crippen molar-refractivity contribution in [3.63, 3.8) is 0 Å². The van der Waals surface area contributed by atoms with Gasteiger partial charge in [0.2, 0.25) is 0 Å². The number of aromatic carboxylic acids is 1. The predicted molar refractivity (Wildman–Crippen MR) is 63.2 cm³/mol. The Labute approximate surface area is 97.9 Å². The zero-order valence-corrected chi connectivity index (χ0v) is 9.18. The van der Waals surface area contributed by atoms with Crippen molar-refractivity contribution in [3.05, 3.63) is 47.0 Å². The first kappa shape index (κ1) is 11.8. The van der Waals surface area contributed by atoms with E-state index in [1.807, 2.05) is 6.07 Å². The molecule has 0 aromatic heterocycles. The molecule has 0 amide bonds. The van der Waals surface area contributed by atoms with Crippen molar-refractivity contribution in [2.75, 3.05) is 0 Å². The van der Waals surface area contributed by atoms with Gasteiger partial charge in [-0.05, 0) is 17.5 Å². The molecule has 0 aliphatic carbocycles. The van der Waals surface area contributed by atoms with Crippen molar-refractivity contribution in [2.45, 2.75) is 0 Å². The summed E-state index contributed by atoms with van der Waals surface area (Å²) < 4.78 is 0. The molecular formula is C11H8Cl2O2. The van der Waals surface area contributed by atoms with Gasteiger partial charge in [0.05, 0.1) is 5.56 Å². The molecule has 0 atom stereocenters. The van der Waals surface area contributed by atoms with Gasteiger partial charge < -0.3 is 5.11 Å². The van der Waals surface area contributed by atoms with Gasteiger partial charge in [0.25, 0.3) is 0 Å². The summed E-state index contributed by atoms with van der Waals surface area (Å²) in [5.74, 6) is -0.933. The van der Waals surface area contributed by atoms with E-state index in [-0.39, 0.29) is 18.0 Å². The summed E-state index contributed by atoms with van der Waals surface area (Å²) in [6, 6.07) is 10.3. The number of carboxylic acid groups (broad SMARTS) is 1. The molecule has 0 fully saturated rings. The topological polar surface area (TPSA) is 37.3 Å². The first-order chi connectivity index (χ1) is 6.70. The highest BCUT2D eigenvalue weighted by atomic mass is 35.5. The minimum Gasteiger partial charge on any atom is -0.478 e. The number of benzene rings is 2. The van der Waals surface area contributed by atoms with Crippen LogP contribution in [0.25, 0.3) is 10.8 Å². The van der Waals surface area contributed by atoms with E-state index >= 15 is 0 Å². The zero-order valence-electron chi connectivity index (χ0n) is 7.61. The van der Waals surface area contributed by atoms with E-state index in [0.29, 0.717) is 10.4 Å². The van der Waals surface area contributed by atoms with Crippen LogP contribution >= 0.6 is 24.0 Å². The SMILES string of the molecule is Cl.O=C(O)c1cccc2c(Cl)cccc12. The lowest BCUT2D eigenvalue weighted by molar-refractivity contribution is 0.0699. The van der Waals surface area contributed by atoms with E-state index in [0.717, 1.165) is 5.39 Å². The highest BCUT2D eigenvalue weighted by Crippen LogP contribution is 2.25. The number of fused-ring (bicyclic) bond motifs is 1.